The number of hydrazone groups is 1. The number of benzene rings is 2. The molecule has 0 spiro atoms. The third-order valence-corrected chi connectivity index (χ3v) is 7.14. The zero-order valence-corrected chi connectivity index (χ0v) is 22.3. The van der Waals surface area contributed by atoms with Crippen molar-refractivity contribution in [1.29, 1.82) is 0 Å². The Hall–Kier alpha value is -3.60. The zero-order chi connectivity index (χ0) is 25.5. The normalized spacial score (nSPS) is 17.5. The molecule has 36 heavy (non-hydrogen) atoms. The lowest BCUT2D eigenvalue weighted by Gasteiger charge is -2.27. The maximum absolute atomic E-state index is 5.06. The molecule has 0 amide bonds. The van der Waals surface area contributed by atoms with Crippen molar-refractivity contribution in [3.63, 3.8) is 0 Å². The van der Waals surface area contributed by atoms with Gasteiger partial charge in [0.15, 0.2) is 0 Å². The van der Waals surface area contributed by atoms with Gasteiger partial charge in [-0.2, -0.15) is 5.10 Å². The monoisotopic (exact) mass is 481 g/mol. The van der Waals surface area contributed by atoms with Crippen molar-refractivity contribution in [3.05, 3.63) is 90.1 Å². The van der Waals surface area contributed by atoms with Gasteiger partial charge in [-0.3, -0.25) is 0 Å². The van der Waals surface area contributed by atoms with E-state index in [1.807, 2.05) is 24.4 Å². The van der Waals surface area contributed by atoms with Gasteiger partial charge in [-0.25, -0.2) is 9.99 Å². The fourth-order valence-electron chi connectivity index (χ4n) is 4.99. The highest BCUT2D eigenvalue weighted by atomic mass is 15.5. The van der Waals surface area contributed by atoms with Crippen LogP contribution in [0.3, 0.4) is 0 Å². The molecule has 2 unspecified atom stereocenters. The van der Waals surface area contributed by atoms with Gasteiger partial charge in [-0.05, 0) is 81.3 Å². The van der Waals surface area contributed by atoms with Gasteiger partial charge in [0.05, 0.1) is 11.8 Å². The molecule has 188 valence electrons. The van der Waals surface area contributed by atoms with E-state index in [0.29, 0.717) is 0 Å². The first-order chi connectivity index (χ1) is 17.6. The van der Waals surface area contributed by atoms with Crippen molar-refractivity contribution >= 4 is 29.0 Å². The van der Waals surface area contributed by atoms with Crippen molar-refractivity contribution < 1.29 is 0 Å². The molecular weight excluding hydrogens is 442 g/mol. The Labute approximate surface area is 216 Å². The predicted molar refractivity (Wildman–Crippen MR) is 155 cm³/mol. The third kappa shape index (κ3) is 5.46. The summed E-state index contributed by atoms with van der Waals surface area (Å²) < 4.78 is 0. The highest BCUT2D eigenvalue weighted by molar-refractivity contribution is 6.02. The topological polar surface area (TPSA) is 35.0 Å². The second-order valence-electron chi connectivity index (χ2n) is 9.15. The number of rotatable bonds is 10. The van der Waals surface area contributed by atoms with Gasteiger partial charge in [-0.15, -0.1) is 0 Å². The van der Waals surface area contributed by atoms with Gasteiger partial charge in [0, 0.05) is 49.7 Å². The lowest BCUT2D eigenvalue weighted by Crippen LogP contribution is -2.25. The fraction of sp³-hybridized carbons (Fsp3) is 0.355. The number of hydrogen-bond acceptors (Lipinski definition) is 5. The maximum atomic E-state index is 5.06. The number of nitrogens with zero attached hydrogens (tertiary/aromatic N) is 5. The molecular formula is C31H39N5. The average molecular weight is 482 g/mol. The van der Waals surface area contributed by atoms with Crippen LogP contribution in [0.4, 0.5) is 17.2 Å². The van der Waals surface area contributed by atoms with Crippen LogP contribution in [0, 0.1) is 5.92 Å². The molecule has 2 aromatic carbocycles. The van der Waals surface area contributed by atoms with Crippen LogP contribution in [0.25, 0.3) is 6.08 Å². The Morgan fingerprint density at radius 2 is 1.33 bits per heavy atom. The number of pyridine rings is 1. The highest BCUT2D eigenvalue weighted by Crippen LogP contribution is 2.39. The van der Waals surface area contributed by atoms with Crippen molar-refractivity contribution in [1.82, 2.24) is 4.98 Å². The van der Waals surface area contributed by atoms with E-state index in [-0.39, 0.29) is 12.0 Å². The maximum Gasteiger partial charge on any atom is 0.149 e. The van der Waals surface area contributed by atoms with E-state index in [4.69, 9.17) is 5.10 Å². The molecule has 5 nitrogen and oxygen atoms in total. The fourth-order valence-corrected chi connectivity index (χ4v) is 4.99. The van der Waals surface area contributed by atoms with Crippen LogP contribution in [0.1, 0.15) is 51.8 Å². The quantitative estimate of drug-likeness (QED) is 0.311. The molecule has 0 aliphatic carbocycles. The Bertz CT molecular complexity index is 1140. The number of anilines is 3. The van der Waals surface area contributed by atoms with Crippen LogP contribution in [-0.2, 0) is 0 Å². The Balaban J connectivity index is 1.60. The summed E-state index contributed by atoms with van der Waals surface area (Å²) in [5.74, 6) is 1.09. The van der Waals surface area contributed by atoms with Crippen molar-refractivity contribution in [3.8, 4) is 0 Å². The van der Waals surface area contributed by atoms with Crippen molar-refractivity contribution in [2.45, 2.75) is 40.7 Å². The predicted octanol–water partition coefficient (Wildman–Crippen LogP) is 7.04. The zero-order valence-electron chi connectivity index (χ0n) is 22.3. The summed E-state index contributed by atoms with van der Waals surface area (Å²) in [6.07, 6.45) is 6.17. The van der Waals surface area contributed by atoms with Gasteiger partial charge in [0.25, 0.3) is 0 Å². The van der Waals surface area contributed by atoms with E-state index in [9.17, 15) is 0 Å². The molecule has 1 aliphatic rings. The molecule has 0 radical (unpaired) electrons. The SMILES string of the molecule is CCN(CC)c1ccc(C=CC2=NN(c3ccccn3)C(c3ccc(N(CC)CC)cc3)C2C)cc1. The minimum Gasteiger partial charge on any atom is -0.372 e. The molecule has 3 aromatic rings. The summed E-state index contributed by atoms with van der Waals surface area (Å²) in [4.78, 5) is 9.35. The lowest BCUT2D eigenvalue weighted by atomic mass is 9.91. The van der Waals surface area contributed by atoms with E-state index >= 15 is 0 Å². The van der Waals surface area contributed by atoms with E-state index in [1.165, 1.54) is 22.5 Å². The Morgan fingerprint density at radius 3 is 1.86 bits per heavy atom. The van der Waals surface area contributed by atoms with Gasteiger partial charge >= 0.3 is 0 Å². The summed E-state index contributed by atoms with van der Waals surface area (Å²) in [5.41, 5.74) is 6.01. The standard InChI is InChI=1S/C31H39N5/c1-6-34(7-2)27-18-13-25(14-19-27)15-22-29-24(5)31(36(33-29)30-12-10-11-23-32-30)26-16-20-28(21-17-26)35(8-3)9-4/h10-24,31H,6-9H2,1-5H3. The molecule has 1 aliphatic heterocycles. The second-order valence-corrected chi connectivity index (χ2v) is 9.15. The molecule has 0 fully saturated rings. The number of hydrogen-bond donors (Lipinski definition) is 0. The van der Waals surface area contributed by atoms with Crippen molar-refractivity contribution in [2.75, 3.05) is 41.0 Å². The Morgan fingerprint density at radius 1 is 0.750 bits per heavy atom. The molecule has 0 bridgehead atoms. The number of aromatic nitrogens is 1. The smallest absolute Gasteiger partial charge is 0.149 e. The second kappa shape index (κ2) is 11.9. The summed E-state index contributed by atoms with van der Waals surface area (Å²) in [5, 5.41) is 7.14. The first-order valence-electron chi connectivity index (χ1n) is 13.3. The molecule has 0 saturated carbocycles. The summed E-state index contributed by atoms with van der Waals surface area (Å²) in [6.45, 7) is 15.1. The van der Waals surface area contributed by atoms with Gasteiger partial charge in [0.2, 0.25) is 0 Å². The largest absolute Gasteiger partial charge is 0.372 e. The molecule has 0 N–H and O–H groups in total. The van der Waals surface area contributed by atoms with Crippen LogP contribution in [-0.4, -0.2) is 36.9 Å². The molecule has 5 heteroatoms. The minimum absolute atomic E-state index is 0.0929. The molecule has 1 aromatic heterocycles. The van der Waals surface area contributed by atoms with Gasteiger partial charge in [0.1, 0.15) is 5.82 Å². The lowest BCUT2D eigenvalue weighted by molar-refractivity contribution is 0.584. The minimum atomic E-state index is 0.0929. The van der Waals surface area contributed by atoms with Crippen LogP contribution in [0.2, 0.25) is 0 Å². The highest BCUT2D eigenvalue weighted by Gasteiger charge is 2.35. The first-order valence-corrected chi connectivity index (χ1v) is 13.3. The summed E-state index contributed by atoms with van der Waals surface area (Å²) >= 11 is 0. The van der Waals surface area contributed by atoms with E-state index in [0.717, 1.165) is 37.7 Å². The molecule has 2 heterocycles. The Kier molecular flexibility index (Phi) is 8.42. The molecule has 4 rings (SSSR count). The number of allylic oxidation sites excluding steroid dienone is 1. The van der Waals surface area contributed by atoms with Crippen LogP contribution in [0.5, 0.6) is 0 Å². The van der Waals surface area contributed by atoms with Crippen LogP contribution in [0.15, 0.2) is 84.1 Å². The van der Waals surface area contributed by atoms with Crippen molar-refractivity contribution in [2.24, 2.45) is 11.0 Å². The third-order valence-electron chi connectivity index (χ3n) is 7.14. The van der Waals surface area contributed by atoms with E-state index in [2.05, 4.69) is 115 Å². The average Bonchev–Trinajstić information content (AvgIpc) is 3.26. The summed E-state index contributed by atoms with van der Waals surface area (Å²) in [7, 11) is 0. The van der Waals surface area contributed by atoms with E-state index in [1.54, 1.807) is 0 Å². The van der Waals surface area contributed by atoms with Crippen LogP contribution < -0.4 is 14.8 Å². The van der Waals surface area contributed by atoms with Crippen LogP contribution >= 0.6 is 0 Å². The summed E-state index contributed by atoms with van der Waals surface area (Å²) in [6, 6.07) is 23.8. The van der Waals surface area contributed by atoms with E-state index < -0.39 is 0 Å². The first kappa shape index (κ1) is 25.5. The van der Waals surface area contributed by atoms with Gasteiger partial charge < -0.3 is 9.80 Å². The molecule has 0 saturated heterocycles. The molecule has 2 atom stereocenters. The van der Waals surface area contributed by atoms with Gasteiger partial charge in [-0.1, -0.05) is 43.3 Å².